The number of benzene rings is 1. The molecule has 1 aliphatic heterocycles. The molecule has 1 saturated heterocycles. The van der Waals surface area contributed by atoms with E-state index >= 15 is 0 Å². The minimum Gasteiger partial charge on any atom is -0.497 e. The smallest absolute Gasteiger partial charge is 0.119 e. The molecular weight excluding hydrogens is 194 g/mol. The van der Waals surface area contributed by atoms with Gasteiger partial charge in [-0.05, 0) is 24.6 Å². The monoisotopic (exact) mass is 209 g/mol. The van der Waals surface area contributed by atoms with E-state index in [-0.39, 0.29) is 0 Å². The maximum atomic E-state index is 5.20. The zero-order chi connectivity index (χ0) is 9.97. The Morgan fingerprint density at radius 1 is 1.50 bits per heavy atom. The zero-order valence-corrected chi connectivity index (χ0v) is 9.30. The van der Waals surface area contributed by atoms with Crippen molar-refractivity contribution in [1.29, 1.82) is 0 Å². The van der Waals surface area contributed by atoms with Gasteiger partial charge in [0.05, 0.1) is 12.5 Å². The molecule has 1 N–H and O–H groups in total. The molecule has 0 saturated carbocycles. The van der Waals surface area contributed by atoms with Crippen molar-refractivity contribution in [2.45, 2.75) is 18.3 Å². The summed E-state index contributed by atoms with van der Waals surface area (Å²) >= 11 is 1.96. The van der Waals surface area contributed by atoms with E-state index in [0.717, 1.165) is 5.75 Å². The third-order valence-electron chi connectivity index (χ3n) is 2.35. The average Bonchev–Trinajstić information content (AvgIpc) is 2.65. The standard InChI is InChI=1S/C11H15NOS/c1-8-7-14-11(12-8)9-4-3-5-10(6-9)13-2/h3-6,8,11-12H,7H2,1-2H3. The second kappa shape index (κ2) is 4.24. The van der Waals surface area contributed by atoms with E-state index in [1.54, 1.807) is 7.11 Å². The van der Waals surface area contributed by atoms with Crippen LogP contribution in [0.1, 0.15) is 17.9 Å². The molecule has 1 aliphatic rings. The molecule has 2 rings (SSSR count). The SMILES string of the molecule is COc1cccc(C2NC(C)CS2)c1. The van der Waals surface area contributed by atoms with E-state index in [1.807, 2.05) is 23.9 Å². The number of ether oxygens (including phenoxy) is 1. The maximum Gasteiger partial charge on any atom is 0.119 e. The fourth-order valence-electron chi connectivity index (χ4n) is 1.59. The summed E-state index contributed by atoms with van der Waals surface area (Å²) in [5, 5.41) is 3.96. The lowest BCUT2D eigenvalue weighted by Gasteiger charge is -2.11. The van der Waals surface area contributed by atoms with Gasteiger partial charge in [-0.25, -0.2) is 0 Å². The van der Waals surface area contributed by atoms with Crippen LogP contribution in [-0.4, -0.2) is 18.9 Å². The fourth-order valence-corrected chi connectivity index (χ4v) is 2.84. The van der Waals surface area contributed by atoms with Crippen LogP contribution < -0.4 is 10.1 Å². The summed E-state index contributed by atoms with van der Waals surface area (Å²) < 4.78 is 5.20. The predicted molar refractivity (Wildman–Crippen MR) is 60.8 cm³/mol. The molecule has 1 aromatic rings. The number of methoxy groups -OCH3 is 1. The van der Waals surface area contributed by atoms with Crippen molar-refractivity contribution in [3.63, 3.8) is 0 Å². The molecule has 1 aromatic carbocycles. The van der Waals surface area contributed by atoms with Gasteiger partial charge in [-0.3, -0.25) is 5.32 Å². The number of thioether (sulfide) groups is 1. The summed E-state index contributed by atoms with van der Waals surface area (Å²) in [6.07, 6.45) is 0. The molecular formula is C11H15NOS. The van der Waals surface area contributed by atoms with Crippen LogP contribution in [0.4, 0.5) is 0 Å². The number of nitrogens with one attached hydrogen (secondary N) is 1. The van der Waals surface area contributed by atoms with Crippen LogP contribution >= 0.6 is 11.8 Å². The van der Waals surface area contributed by atoms with Gasteiger partial charge >= 0.3 is 0 Å². The summed E-state index contributed by atoms with van der Waals surface area (Å²) in [6, 6.07) is 8.87. The summed E-state index contributed by atoms with van der Waals surface area (Å²) in [7, 11) is 1.71. The first-order valence-corrected chi connectivity index (χ1v) is 5.86. The van der Waals surface area contributed by atoms with Crippen molar-refractivity contribution in [2.24, 2.45) is 0 Å². The van der Waals surface area contributed by atoms with Gasteiger partial charge in [-0.2, -0.15) is 0 Å². The van der Waals surface area contributed by atoms with Crippen LogP contribution in [0.3, 0.4) is 0 Å². The molecule has 1 heterocycles. The van der Waals surface area contributed by atoms with Crippen LogP contribution in [0.25, 0.3) is 0 Å². The first-order chi connectivity index (χ1) is 6.79. The van der Waals surface area contributed by atoms with Crippen LogP contribution in [0.5, 0.6) is 5.75 Å². The third kappa shape index (κ3) is 2.04. The Bertz CT molecular complexity index is 316. The van der Waals surface area contributed by atoms with Gasteiger partial charge in [0.25, 0.3) is 0 Å². The lowest BCUT2D eigenvalue weighted by Crippen LogP contribution is -2.21. The minimum absolute atomic E-state index is 0.431. The van der Waals surface area contributed by atoms with Crippen molar-refractivity contribution in [3.05, 3.63) is 29.8 Å². The highest BCUT2D eigenvalue weighted by atomic mass is 32.2. The summed E-state index contributed by atoms with van der Waals surface area (Å²) in [4.78, 5) is 0. The molecule has 0 radical (unpaired) electrons. The molecule has 2 atom stereocenters. The van der Waals surface area contributed by atoms with Crippen LogP contribution in [0.2, 0.25) is 0 Å². The van der Waals surface area contributed by atoms with E-state index in [0.29, 0.717) is 11.4 Å². The Balaban J connectivity index is 2.15. The van der Waals surface area contributed by atoms with Crippen molar-refractivity contribution in [2.75, 3.05) is 12.9 Å². The van der Waals surface area contributed by atoms with E-state index in [4.69, 9.17) is 4.74 Å². The van der Waals surface area contributed by atoms with Gasteiger partial charge in [0.15, 0.2) is 0 Å². The minimum atomic E-state index is 0.431. The normalized spacial score (nSPS) is 26.4. The molecule has 3 heteroatoms. The Kier molecular flexibility index (Phi) is 2.99. The van der Waals surface area contributed by atoms with Crippen LogP contribution in [-0.2, 0) is 0 Å². The molecule has 0 amide bonds. The van der Waals surface area contributed by atoms with Crippen molar-refractivity contribution < 1.29 is 4.74 Å². The number of hydrogen-bond acceptors (Lipinski definition) is 3. The van der Waals surface area contributed by atoms with Gasteiger partial charge in [0.1, 0.15) is 5.75 Å². The second-order valence-electron chi connectivity index (χ2n) is 3.56. The predicted octanol–water partition coefficient (Wildman–Crippen LogP) is 2.42. The van der Waals surface area contributed by atoms with Gasteiger partial charge in [0, 0.05) is 11.8 Å². The highest BCUT2D eigenvalue weighted by Gasteiger charge is 2.22. The van der Waals surface area contributed by atoms with E-state index in [2.05, 4.69) is 24.4 Å². The van der Waals surface area contributed by atoms with E-state index in [9.17, 15) is 0 Å². The molecule has 0 aliphatic carbocycles. The number of rotatable bonds is 2. The molecule has 0 spiro atoms. The number of hydrogen-bond donors (Lipinski definition) is 1. The van der Waals surface area contributed by atoms with Gasteiger partial charge in [-0.1, -0.05) is 12.1 Å². The molecule has 2 unspecified atom stereocenters. The molecule has 0 bridgehead atoms. The molecule has 0 aromatic heterocycles. The van der Waals surface area contributed by atoms with Crippen LogP contribution in [0.15, 0.2) is 24.3 Å². The Morgan fingerprint density at radius 3 is 3.00 bits per heavy atom. The molecule has 2 nitrogen and oxygen atoms in total. The average molecular weight is 209 g/mol. The summed E-state index contributed by atoms with van der Waals surface area (Å²) in [6.45, 7) is 2.22. The van der Waals surface area contributed by atoms with E-state index in [1.165, 1.54) is 11.3 Å². The summed E-state index contributed by atoms with van der Waals surface area (Å²) in [5.41, 5.74) is 1.30. The van der Waals surface area contributed by atoms with Crippen LogP contribution in [0, 0.1) is 0 Å². The highest BCUT2D eigenvalue weighted by molar-refractivity contribution is 7.99. The van der Waals surface area contributed by atoms with Crippen molar-refractivity contribution >= 4 is 11.8 Å². The molecule has 1 fully saturated rings. The Morgan fingerprint density at radius 2 is 2.36 bits per heavy atom. The fraction of sp³-hybridized carbons (Fsp3) is 0.455. The summed E-state index contributed by atoms with van der Waals surface area (Å²) in [5.74, 6) is 2.12. The first-order valence-electron chi connectivity index (χ1n) is 4.81. The molecule has 76 valence electrons. The maximum absolute atomic E-state index is 5.20. The first kappa shape index (κ1) is 9.87. The zero-order valence-electron chi connectivity index (χ0n) is 8.49. The van der Waals surface area contributed by atoms with Crippen molar-refractivity contribution in [3.8, 4) is 5.75 Å². The van der Waals surface area contributed by atoms with E-state index < -0.39 is 0 Å². The van der Waals surface area contributed by atoms with Gasteiger partial charge in [-0.15, -0.1) is 11.8 Å². The topological polar surface area (TPSA) is 21.3 Å². The second-order valence-corrected chi connectivity index (χ2v) is 4.70. The Hall–Kier alpha value is -0.670. The van der Waals surface area contributed by atoms with Crippen molar-refractivity contribution in [1.82, 2.24) is 5.32 Å². The lowest BCUT2D eigenvalue weighted by molar-refractivity contribution is 0.414. The van der Waals surface area contributed by atoms with Gasteiger partial charge in [0.2, 0.25) is 0 Å². The Labute approximate surface area is 89.0 Å². The third-order valence-corrected chi connectivity index (χ3v) is 3.78. The van der Waals surface area contributed by atoms with Gasteiger partial charge < -0.3 is 4.74 Å². The lowest BCUT2D eigenvalue weighted by atomic mass is 10.2. The molecule has 14 heavy (non-hydrogen) atoms. The quantitative estimate of drug-likeness (QED) is 0.808. The largest absolute Gasteiger partial charge is 0.497 e. The highest BCUT2D eigenvalue weighted by Crippen LogP contribution is 2.33.